The van der Waals surface area contributed by atoms with E-state index in [1.807, 2.05) is 6.08 Å². The molecule has 0 saturated carbocycles. The van der Waals surface area contributed by atoms with E-state index in [-0.39, 0.29) is 33.2 Å². The number of nitrogen functional groups attached to an aromatic ring is 1. The number of likely N-dealkylation sites (tertiary alicyclic amines) is 1. The summed E-state index contributed by atoms with van der Waals surface area (Å²) in [5.74, 6) is -1.07. The molecule has 3 N–H and O–H groups in total. The minimum Gasteiger partial charge on any atom is -0.406 e. The molecule has 1 unspecified atom stereocenters. The van der Waals surface area contributed by atoms with Gasteiger partial charge < -0.3 is 20.5 Å². The highest BCUT2D eigenvalue weighted by Gasteiger charge is 2.32. The smallest absolute Gasteiger partial charge is 0.406 e. The molecule has 0 bridgehead atoms. The fourth-order valence-corrected chi connectivity index (χ4v) is 4.65. The van der Waals surface area contributed by atoms with Crippen LogP contribution in [0.3, 0.4) is 0 Å². The van der Waals surface area contributed by atoms with Crippen LogP contribution in [0.15, 0.2) is 36.5 Å². The van der Waals surface area contributed by atoms with E-state index < -0.39 is 24.0 Å². The van der Waals surface area contributed by atoms with Gasteiger partial charge in [-0.05, 0) is 91.4 Å². The molecule has 0 spiro atoms. The van der Waals surface area contributed by atoms with E-state index in [2.05, 4.69) is 49.3 Å². The zero-order valence-corrected chi connectivity index (χ0v) is 26.0. The summed E-state index contributed by atoms with van der Waals surface area (Å²) in [5, 5.41) is 9.80. The number of alkyl halides is 3. The highest BCUT2D eigenvalue weighted by atomic mass is 32.3. The van der Waals surface area contributed by atoms with E-state index in [1.165, 1.54) is 12.1 Å². The molecular weight excluding hydrogens is 570 g/mol. The lowest BCUT2D eigenvalue weighted by molar-refractivity contribution is -0.274. The molecule has 234 valence electrons. The molecule has 2 aliphatic rings. The number of nitrogens with two attached hydrogens (primary N) is 1. The molecule has 1 amide bonds. The van der Waals surface area contributed by atoms with Crippen LogP contribution in [0.5, 0.6) is 5.75 Å². The number of rotatable bonds is 4. The zero-order valence-electron chi connectivity index (χ0n) is 25.2. The summed E-state index contributed by atoms with van der Waals surface area (Å²) in [4.78, 5) is 18.4. The molecule has 4 rings (SSSR count). The Kier molecular flexibility index (Phi) is 10.6. The van der Waals surface area contributed by atoms with Crippen molar-refractivity contribution < 1.29 is 32.2 Å². The summed E-state index contributed by atoms with van der Waals surface area (Å²) in [6.07, 6.45) is 7.48. The number of ether oxygens (including phenoxy) is 1. The van der Waals surface area contributed by atoms with Crippen molar-refractivity contribution in [1.82, 2.24) is 9.88 Å². The lowest BCUT2D eigenvalue weighted by atomic mass is 9.82. The van der Waals surface area contributed by atoms with Gasteiger partial charge in [0.15, 0.2) is 0 Å². The molecule has 11 heteroatoms. The van der Waals surface area contributed by atoms with Gasteiger partial charge in [0.1, 0.15) is 17.4 Å². The van der Waals surface area contributed by atoms with Gasteiger partial charge in [-0.2, -0.15) is 0 Å². The first-order chi connectivity index (χ1) is 19.4. The van der Waals surface area contributed by atoms with Gasteiger partial charge in [0.2, 0.25) is 0 Å². The van der Waals surface area contributed by atoms with Gasteiger partial charge in [-0.3, -0.25) is 4.79 Å². The first kappa shape index (κ1) is 33.7. The summed E-state index contributed by atoms with van der Waals surface area (Å²) in [7, 11) is -0.340. The quantitative estimate of drug-likeness (QED) is 0.358. The minimum absolute atomic E-state index is 0.167. The van der Waals surface area contributed by atoms with Gasteiger partial charge in [0, 0.05) is 29.8 Å². The van der Waals surface area contributed by atoms with E-state index in [9.17, 15) is 27.5 Å². The van der Waals surface area contributed by atoms with E-state index in [4.69, 9.17) is 5.73 Å². The van der Waals surface area contributed by atoms with Gasteiger partial charge >= 0.3 is 6.36 Å². The van der Waals surface area contributed by atoms with Crippen molar-refractivity contribution in [2.24, 2.45) is 0 Å². The number of nitrogens with zero attached hydrogens (tertiary/aromatic N) is 2. The average molecular weight is 614 g/mol. The number of hydrogen-bond acceptors (Lipinski definition) is 5. The van der Waals surface area contributed by atoms with Crippen LogP contribution in [-0.2, 0) is 0 Å². The lowest BCUT2D eigenvalue weighted by Crippen LogP contribution is -2.38. The Hall–Kier alpha value is -2.79. The fourth-order valence-electron chi connectivity index (χ4n) is 4.65. The Labute approximate surface area is 247 Å². The number of carbonyl (C=O) groups excluding carboxylic acids is 1. The molecule has 2 aromatic rings. The number of hydrogen-bond donors (Lipinski definition) is 2. The Morgan fingerprint density at radius 1 is 1.07 bits per heavy atom. The first-order valence-corrected chi connectivity index (χ1v) is 16.9. The average Bonchev–Trinajstić information content (AvgIpc) is 2.89. The third-order valence-corrected chi connectivity index (χ3v) is 11.8. The maximum atomic E-state index is 15.0. The molecule has 2 heterocycles. The van der Waals surface area contributed by atoms with Crippen LogP contribution in [0.25, 0.3) is 5.57 Å². The van der Waals surface area contributed by atoms with Crippen LogP contribution in [0.4, 0.5) is 23.4 Å². The van der Waals surface area contributed by atoms with E-state index in [1.54, 1.807) is 4.90 Å². The van der Waals surface area contributed by atoms with Crippen molar-refractivity contribution in [1.29, 1.82) is 0 Å². The number of piperidine rings is 1. The fraction of sp³-hybridized carbons (Fsp3) is 0.548. The molecule has 1 atom stereocenters. The standard InChI is InChI=1S/C24H25F4N3O3.C7H18S/c25-19-13-30-22(29)21(14-1-5-17(32)6-2-14)20(19)15-9-11-31(12-10-15)23(33)16-3-7-18(8-4-16)34-24(26,27)28;1-7(2,3)8(4,5)6/h1,3-4,7-8,13,15,17,32H,2,5-6,9-12H2,(H2,29,30);1-6H3. The Morgan fingerprint density at radius 3 is 2.12 bits per heavy atom. The third kappa shape index (κ3) is 8.86. The largest absolute Gasteiger partial charge is 0.573 e. The molecule has 42 heavy (non-hydrogen) atoms. The van der Waals surface area contributed by atoms with Crippen LogP contribution in [0, 0.1) is 5.82 Å². The maximum Gasteiger partial charge on any atom is 0.573 e. The number of pyridine rings is 1. The van der Waals surface area contributed by atoms with Gasteiger partial charge in [-0.25, -0.2) is 19.4 Å². The summed E-state index contributed by atoms with van der Waals surface area (Å²) in [6, 6.07) is 4.79. The van der Waals surface area contributed by atoms with Gasteiger partial charge in [0.05, 0.1) is 12.3 Å². The van der Waals surface area contributed by atoms with Crippen LogP contribution in [-0.4, -0.2) is 70.0 Å². The van der Waals surface area contributed by atoms with Gasteiger partial charge in [0.25, 0.3) is 5.91 Å². The third-order valence-electron chi connectivity index (χ3n) is 8.17. The Bertz CT molecular complexity index is 1250. The second-order valence-corrected chi connectivity index (χ2v) is 17.4. The predicted molar refractivity (Wildman–Crippen MR) is 163 cm³/mol. The number of allylic oxidation sites excluding steroid dienone is 1. The van der Waals surface area contributed by atoms with E-state index >= 15 is 0 Å². The highest BCUT2D eigenvalue weighted by molar-refractivity contribution is 8.33. The number of anilines is 1. The topological polar surface area (TPSA) is 88.7 Å². The number of aliphatic hydroxyl groups is 1. The summed E-state index contributed by atoms with van der Waals surface area (Å²) in [5.41, 5.74) is 8.36. The Morgan fingerprint density at radius 2 is 1.64 bits per heavy atom. The summed E-state index contributed by atoms with van der Waals surface area (Å²) in [6.45, 7) is 7.65. The van der Waals surface area contributed by atoms with Gasteiger partial charge in [-0.15, -0.1) is 13.2 Å². The van der Waals surface area contributed by atoms with Crippen LogP contribution >= 0.6 is 10.0 Å². The van der Waals surface area contributed by atoms with Crippen LogP contribution < -0.4 is 10.5 Å². The second kappa shape index (κ2) is 13.2. The van der Waals surface area contributed by atoms with Gasteiger partial charge in [-0.1, -0.05) is 26.8 Å². The molecule has 0 radical (unpaired) electrons. The number of halogens is 4. The Balaban J connectivity index is 0.000000531. The highest BCUT2D eigenvalue weighted by Crippen LogP contribution is 2.48. The molecule has 1 aromatic heterocycles. The number of aliphatic hydroxyl groups excluding tert-OH is 1. The lowest BCUT2D eigenvalue weighted by Gasteiger charge is -2.40. The molecule has 1 fully saturated rings. The van der Waals surface area contributed by atoms with Crippen molar-refractivity contribution in [3.63, 3.8) is 0 Å². The molecule has 1 saturated heterocycles. The van der Waals surface area contributed by atoms with Crippen molar-refractivity contribution in [2.45, 2.75) is 76.0 Å². The van der Waals surface area contributed by atoms with E-state index in [0.717, 1.165) is 23.9 Å². The van der Waals surface area contributed by atoms with Crippen molar-refractivity contribution in [3.8, 4) is 5.75 Å². The molecule has 6 nitrogen and oxygen atoms in total. The normalized spacial score (nSPS) is 19.0. The monoisotopic (exact) mass is 613 g/mol. The molecule has 1 aromatic carbocycles. The first-order valence-electron chi connectivity index (χ1n) is 14.0. The SMILES string of the molecule is CC(C)(C)S(C)(C)C.Nc1ncc(F)c(C2CCN(C(=O)c3ccc(OC(F)(F)F)cc3)CC2)c1C1=CCC(O)CC1. The van der Waals surface area contributed by atoms with Crippen LogP contribution in [0.1, 0.15) is 80.3 Å². The van der Waals surface area contributed by atoms with Crippen molar-refractivity contribution >= 4 is 27.3 Å². The van der Waals surface area contributed by atoms with Crippen molar-refractivity contribution in [3.05, 3.63) is 59.0 Å². The molecule has 1 aliphatic carbocycles. The number of amides is 1. The summed E-state index contributed by atoms with van der Waals surface area (Å²) >= 11 is 0. The van der Waals surface area contributed by atoms with E-state index in [0.29, 0.717) is 61.1 Å². The van der Waals surface area contributed by atoms with Crippen LogP contribution in [0.2, 0.25) is 0 Å². The molecule has 1 aliphatic heterocycles. The maximum absolute atomic E-state index is 15.0. The number of aromatic nitrogens is 1. The number of carbonyl (C=O) groups is 1. The number of benzene rings is 1. The summed E-state index contributed by atoms with van der Waals surface area (Å²) < 4.78 is 56.3. The predicted octanol–water partition coefficient (Wildman–Crippen LogP) is 7.13. The van der Waals surface area contributed by atoms with Crippen molar-refractivity contribution in [2.75, 3.05) is 37.6 Å². The minimum atomic E-state index is -4.80. The molecular formula is C31H43F4N3O3S. The second-order valence-electron chi connectivity index (χ2n) is 12.5. The zero-order chi connectivity index (χ0) is 31.5.